The summed E-state index contributed by atoms with van der Waals surface area (Å²) in [6.45, 7) is 9.92. The summed E-state index contributed by atoms with van der Waals surface area (Å²) >= 11 is 6.51. The van der Waals surface area contributed by atoms with Gasteiger partial charge in [0.2, 0.25) is 0 Å². The number of carbonyl (C=O) groups excluding carboxylic acids is 1. The Morgan fingerprint density at radius 1 is 1.22 bits per heavy atom. The predicted octanol–water partition coefficient (Wildman–Crippen LogP) is 6.24. The van der Waals surface area contributed by atoms with Crippen LogP contribution in [0, 0.1) is 6.92 Å². The molecule has 3 rings (SSSR count). The Kier molecular flexibility index (Phi) is 8.93. The first-order chi connectivity index (χ1) is 17.1. The molecule has 0 atom stereocenters. The molecule has 0 saturated carbocycles. The molecule has 2 heterocycles. The molecule has 0 aliphatic carbocycles. The summed E-state index contributed by atoms with van der Waals surface area (Å²) in [4.78, 5) is 24.8. The van der Waals surface area contributed by atoms with E-state index in [0.29, 0.717) is 10.8 Å². The van der Waals surface area contributed by atoms with E-state index < -0.39 is 6.09 Å². The Morgan fingerprint density at radius 3 is 2.64 bits per heavy atom. The lowest BCUT2D eigenvalue weighted by molar-refractivity contribution is 0.0821. The van der Waals surface area contributed by atoms with E-state index in [1.54, 1.807) is 25.5 Å². The molecule has 8 heteroatoms. The minimum absolute atomic E-state index is 0.191. The Morgan fingerprint density at radius 2 is 1.97 bits per heavy atom. The van der Waals surface area contributed by atoms with E-state index in [1.165, 1.54) is 4.90 Å². The van der Waals surface area contributed by atoms with E-state index in [2.05, 4.69) is 17.6 Å². The number of allylic oxidation sites excluding steroid dienone is 2. The second kappa shape index (κ2) is 11.9. The standard InChI is InChI=1S/C28H33ClN4O3/c1-8-10-25(32(5)6)22-13-19(4)31-27-21(22)11-9-12-26(27)35-17-23-20(14-30-15-24(23)29)16-33(7)28(34)36-18(2)3/h8-15,18H,1,16-17H2,2-7H3/b25-10-. The molecule has 0 radical (unpaired) electrons. The third-order valence-electron chi connectivity index (χ3n) is 5.49. The highest BCUT2D eigenvalue weighted by Gasteiger charge is 2.18. The number of nitrogens with zero attached hydrogens (tertiary/aromatic N) is 4. The van der Waals surface area contributed by atoms with E-state index in [-0.39, 0.29) is 19.3 Å². The van der Waals surface area contributed by atoms with Crippen molar-refractivity contribution in [1.82, 2.24) is 19.8 Å². The van der Waals surface area contributed by atoms with Gasteiger partial charge in [-0.15, -0.1) is 0 Å². The van der Waals surface area contributed by atoms with E-state index in [9.17, 15) is 4.79 Å². The third-order valence-corrected chi connectivity index (χ3v) is 5.81. The van der Waals surface area contributed by atoms with Crippen molar-refractivity contribution < 1.29 is 14.3 Å². The van der Waals surface area contributed by atoms with E-state index in [4.69, 9.17) is 26.1 Å². The van der Waals surface area contributed by atoms with Crippen molar-refractivity contribution >= 4 is 34.3 Å². The van der Waals surface area contributed by atoms with Gasteiger partial charge in [-0.3, -0.25) is 4.98 Å². The number of fused-ring (bicyclic) bond motifs is 1. The monoisotopic (exact) mass is 508 g/mol. The number of pyridine rings is 2. The molecule has 3 aromatic rings. The number of rotatable bonds is 9. The number of aromatic nitrogens is 2. The molecule has 0 bridgehead atoms. The molecule has 36 heavy (non-hydrogen) atoms. The SMILES string of the molecule is C=C/C=C(/c1cc(C)nc2c(OCc3c(Cl)cncc3CN(C)C(=O)OC(C)C)cccc12)N(C)C. The number of halogens is 1. The quantitative estimate of drug-likeness (QED) is 0.319. The van der Waals surface area contributed by atoms with Gasteiger partial charge in [-0.25, -0.2) is 9.78 Å². The number of aryl methyl sites for hydroxylation is 1. The highest BCUT2D eigenvalue weighted by Crippen LogP contribution is 2.33. The van der Waals surface area contributed by atoms with Crippen molar-refractivity contribution in [3.8, 4) is 5.75 Å². The van der Waals surface area contributed by atoms with Crippen LogP contribution < -0.4 is 4.74 Å². The van der Waals surface area contributed by atoms with Gasteiger partial charge in [-0.2, -0.15) is 0 Å². The molecule has 0 unspecified atom stereocenters. The first kappa shape index (κ1) is 27.0. The highest BCUT2D eigenvalue weighted by molar-refractivity contribution is 6.31. The van der Waals surface area contributed by atoms with Crippen LogP contribution in [0.5, 0.6) is 5.75 Å². The fourth-order valence-corrected chi connectivity index (χ4v) is 4.06. The molecule has 0 saturated heterocycles. The zero-order chi connectivity index (χ0) is 26.4. The second-order valence-electron chi connectivity index (χ2n) is 8.98. The Labute approximate surface area is 218 Å². The number of amides is 1. The fraction of sp³-hybridized carbons (Fsp3) is 0.321. The average Bonchev–Trinajstić information content (AvgIpc) is 2.81. The largest absolute Gasteiger partial charge is 0.487 e. The van der Waals surface area contributed by atoms with Crippen LogP contribution in [-0.4, -0.2) is 53.1 Å². The minimum atomic E-state index is -0.414. The summed E-state index contributed by atoms with van der Waals surface area (Å²) in [5, 5.41) is 1.43. The lowest BCUT2D eigenvalue weighted by Gasteiger charge is -2.21. The average molecular weight is 509 g/mol. The molecule has 2 aromatic heterocycles. The van der Waals surface area contributed by atoms with Crippen molar-refractivity contribution in [2.75, 3.05) is 21.1 Å². The molecule has 0 N–H and O–H groups in total. The van der Waals surface area contributed by atoms with Gasteiger partial charge in [0.05, 0.1) is 17.7 Å². The maximum absolute atomic E-state index is 12.3. The zero-order valence-electron chi connectivity index (χ0n) is 21.7. The summed E-state index contributed by atoms with van der Waals surface area (Å²) < 4.78 is 11.6. The lowest BCUT2D eigenvalue weighted by atomic mass is 10.0. The van der Waals surface area contributed by atoms with Crippen LogP contribution in [0.1, 0.15) is 36.2 Å². The van der Waals surface area contributed by atoms with Crippen LogP contribution in [0.25, 0.3) is 16.6 Å². The smallest absolute Gasteiger partial charge is 0.410 e. The number of carbonyl (C=O) groups is 1. The first-order valence-electron chi connectivity index (χ1n) is 11.7. The second-order valence-corrected chi connectivity index (χ2v) is 9.39. The Balaban J connectivity index is 1.95. The predicted molar refractivity (Wildman–Crippen MR) is 145 cm³/mol. The Bertz CT molecular complexity index is 1290. The van der Waals surface area contributed by atoms with E-state index in [0.717, 1.165) is 39.0 Å². The molecule has 190 valence electrons. The van der Waals surface area contributed by atoms with Crippen molar-refractivity contribution in [3.05, 3.63) is 82.8 Å². The van der Waals surface area contributed by atoms with Crippen LogP contribution in [0.4, 0.5) is 4.79 Å². The third kappa shape index (κ3) is 6.34. The molecule has 0 aliphatic rings. The van der Waals surface area contributed by atoms with Crippen molar-refractivity contribution in [3.63, 3.8) is 0 Å². The summed E-state index contributed by atoms with van der Waals surface area (Å²) in [7, 11) is 5.67. The summed E-state index contributed by atoms with van der Waals surface area (Å²) in [6.07, 6.45) is 6.40. The maximum Gasteiger partial charge on any atom is 0.410 e. The van der Waals surface area contributed by atoms with Gasteiger partial charge in [-0.1, -0.05) is 36.4 Å². The van der Waals surface area contributed by atoms with E-state index in [1.807, 2.05) is 64.0 Å². The topological polar surface area (TPSA) is 67.8 Å². The van der Waals surface area contributed by atoms with Crippen molar-refractivity contribution in [2.24, 2.45) is 0 Å². The summed E-state index contributed by atoms with van der Waals surface area (Å²) in [5.41, 5.74) is 5.22. The van der Waals surface area contributed by atoms with Gasteiger partial charge < -0.3 is 19.3 Å². The molecule has 7 nitrogen and oxygen atoms in total. The number of ether oxygens (including phenoxy) is 2. The van der Waals surface area contributed by atoms with Crippen LogP contribution >= 0.6 is 11.6 Å². The van der Waals surface area contributed by atoms with Crippen LogP contribution in [0.15, 0.2) is 55.4 Å². The number of hydrogen-bond acceptors (Lipinski definition) is 6. The molecule has 0 aliphatic heterocycles. The molecule has 1 amide bonds. The molecule has 0 fully saturated rings. The lowest BCUT2D eigenvalue weighted by Crippen LogP contribution is -2.29. The number of benzene rings is 1. The van der Waals surface area contributed by atoms with Gasteiger partial charge in [0.1, 0.15) is 17.9 Å². The fourth-order valence-electron chi connectivity index (χ4n) is 3.83. The van der Waals surface area contributed by atoms with Crippen molar-refractivity contribution in [2.45, 2.75) is 40.0 Å². The van der Waals surface area contributed by atoms with Gasteiger partial charge in [0.15, 0.2) is 0 Å². The maximum atomic E-state index is 12.3. The number of para-hydroxylation sites is 1. The zero-order valence-corrected chi connectivity index (χ0v) is 22.5. The van der Waals surface area contributed by atoms with Gasteiger partial charge in [0, 0.05) is 61.4 Å². The van der Waals surface area contributed by atoms with E-state index >= 15 is 0 Å². The van der Waals surface area contributed by atoms with Gasteiger partial charge in [-0.05, 0) is 44.5 Å². The summed E-state index contributed by atoms with van der Waals surface area (Å²) in [6, 6.07) is 7.94. The highest BCUT2D eigenvalue weighted by atomic mass is 35.5. The van der Waals surface area contributed by atoms with Crippen molar-refractivity contribution in [1.29, 1.82) is 0 Å². The Hall–Kier alpha value is -3.58. The molecule has 1 aromatic carbocycles. The molecular weight excluding hydrogens is 476 g/mol. The molecule has 0 spiro atoms. The molecular formula is C28H33ClN4O3. The van der Waals surface area contributed by atoms with Crippen LogP contribution in [0.3, 0.4) is 0 Å². The van der Waals surface area contributed by atoms with Crippen LogP contribution in [-0.2, 0) is 17.9 Å². The normalized spacial score (nSPS) is 11.5. The van der Waals surface area contributed by atoms with Crippen LogP contribution in [0.2, 0.25) is 5.02 Å². The van der Waals surface area contributed by atoms with Gasteiger partial charge >= 0.3 is 6.09 Å². The number of hydrogen-bond donors (Lipinski definition) is 0. The minimum Gasteiger partial charge on any atom is -0.487 e. The summed E-state index contributed by atoms with van der Waals surface area (Å²) in [5.74, 6) is 0.639. The first-order valence-corrected chi connectivity index (χ1v) is 12.1. The van der Waals surface area contributed by atoms with Gasteiger partial charge in [0.25, 0.3) is 0 Å².